The van der Waals surface area contributed by atoms with Crippen LogP contribution in [0.25, 0.3) is 0 Å². The van der Waals surface area contributed by atoms with Gasteiger partial charge in [-0.1, -0.05) is 0 Å². The molecule has 7 nitrogen and oxygen atoms in total. The van der Waals surface area contributed by atoms with Crippen LogP contribution in [0.2, 0.25) is 0 Å². The minimum absolute atomic E-state index is 0.110. The number of thiophene rings is 1. The highest BCUT2D eigenvalue weighted by molar-refractivity contribution is 7.08. The van der Waals surface area contributed by atoms with Crippen LogP contribution >= 0.6 is 11.3 Å². The molecule has 2 N–H and O–H groups in total. The molecule has 138 valence electrons. The Bertz CT molecular complexity index is 893. The molecule has 1 fully saturated rings. The number of hydrogen-bond acceptors (Lipinski definition) is 7. The first-order chi connectivity index (χ1) is 13.3. The van der Waals surface area contributed by atoms with Gasteiger partial charge in [-0.3, -0.25) is 4.79 Å². The van der Waals surface area contributed by atoms with Crippen LogP contribution in [0.3, 0.4) is 0 Å². The van der Waals surface area contributed by atoms with Crippen LogP contribution in [0.1, 0.15) is 10.4 Å². The maximum atomic E-state index is 12.1. The predicted octanol–water partition coefficient (Wildman–Crippen LogP) is 3.37. The van der Waals surface area contributed by atoms with Gasteiger partial charge in [-0.2, -0.15) is 16.4 Å². The predicted molar refractivity (Wildman–Crippen MR) is 107 cm³/mol. The second-order valence-corrected chi connectivity index (χ2v) is 6.85. The number of benzene rings is 1. The largest absolute Gasteiger partial charge is 0.378 e. The van der Waals surface area contributed by atoms with Gasteiger partial charge in [0.05, 0.1) is 30.7 Å². The summed E-state index contributed by atoms with van der Waals surface area (Å²) in [6.07, 6.45) is 1.76. The molecule has 0 saturated carbocycles. The number of ether oxygens (including phenoxy) is 1. The molecule has 1 amide bonds. The molecule has 2 aromatic heterocycles. The molecule has 0 unspecified atom stereocenters. The van der Waals surface area contributed by atoms with Crippen molar-refractivity contribution in [2.24, 2.45) is 0 Å². The van der Waals surface area contributed by atoms with Gasteiger partial charge in [0.25, 0.3) is 5.91 Å². The maximum absolute atomic E-state index is 12.1. The zero-order valence-electron chi connectivity index (χ0n) is 14.6. The third-order valence-corrected chi connectivity index (χ3v) is 4.90. The average molecular weight is 381 g/mol. The van der Waals surface area contributed by atoms with E-state index in [1.54, 1.807) is 12.3 Å². The number of carbonyl (C=O) groups excluding carboxylic acids is 1. The van der Waals surface area contributed by atoms with Crippen molar-refractivity contribution in [3.63, 3.8) is 0 Å². The van der Waals surface area contributed by atoms with Gasteiger partial charge in [-0.25, -0.2) is 0 Å². The SMILES string of the molecule is O=C(Nc1ccc(Nc2cc(N3CCOCC3)cnn2)cc1)c1ccsc1. The third kappa shape index (κ3) is 4.42. The fraction of sp³-hybridized carbons (Fsp3) is 0.211. The van der Waals surface area contributed by atoms with E-state index in [1.165, 1.54) is 11.3 Å². The Morgan fingerprint density at radius 3 is 2.63 bits per heavy atom. The summed E-state index contributed by atoms with van der Waals surface area (Å²) in [5, 5.41) is 18.1. The summed E-state index contributed by atoms with van der Waals surface area (Å²) in [7, 11) is 0. The van der Waals surface area contributed by atoms with Gasteiger partial charge in [0.2, 0.25) is 0 Å². The first kappa shape index (κ1) is 17.4. The van der Waals surface area contributed by atoms with Crippen molar-refractivity contribution >= 4 is 40.1 Å². The van der Waals surface area contributed by atoms with E-state index >= 15 is 0 Å². The van der Waals surface area contributed by atoms with Crippen LogP contribution in [0.15, 0.2) is 53.4 Å². The smallest absolute Gasteiger partial charge is 0.256 e. The topological polar surface area (TPSA) is 79.4 Å². The lowest BCUT2D eigenvalue weighted by Crippen LogP contribution is -2.36. The standard InChI is InChI=1S/C19H19N5O2S/c25-19(14-5-10-27-13-14)22-16-3-1-15(2-4-16)21-18-11-17(12-20-23-18)24-6-8-26-9-7-24/h1-5,10-13H,6-9H2,(H,21,23)(H,22,25). The van der Waals surface area contributed by atoms with Gasteiger partial charge in [0.15, 0.2) is 5.82 Å². The van der Waals surface area contributed by atoms with Crippen LogP contribution in [0.4, 0.5) is 22.9 Å². The van der Waals surface area contributed by atoms with Crippen molar-refractivity contribution in [3.05, 3.63) is 58.9 Å². The fourth-order valence-corrected chi connectivity index (χ4v) is 3.43. The Kier molecular flexibility index (Phi) is 5.27. The number of rotatable bonds is 5. The van der Waals surface area contributed by atoms with E-state index in [2.05, 4.69) is 25.7 Å². The summed E-state index contributed by atoms with van der Waals surface area (Å²) < 4.78 is 5.39. The van der Waals surface area contributed by atoms with Gasteiger partial charge in [0, 0.05) is 35.9 Å². The Labute approximate surface area is 161 Å². The zero-order valence-corrected chi connectivity index (χ0v) is 15.4. The van der Waals surface area contributed by atoms with E-state index in [0.717, 1.165) is 43.4 Å². The number of aromatic nitrogens is 2. The van der Waals surface area contributed by atoms with E-state index in [1.807, 2.05) is 41.1 Å². The lowest BCUT2D eigenvalue weighted by Gasteiger charge is -2.28. The van der Waals surface area contributed by atoms with Crippen molar-refractivity contribution < 1.29 is 9.53 Å². The molecule has 1 aromatic carbocycles. The van der Waals surface area contributed by atoms with Crippen LogP contribution in [-0.4, -0.2) is 42.4 Å². The number of amides is 1. The van der Waals surface area contributed by atoms with Gasteiger partial charge in [0.1, 0.15) is 0 Å². The summed E-state index contributed by atoms with van der Waals surface area (Å²) >= 11 is 1.50. The molecule has 3 heterocycles. The molecule has 1 aliphatic rings. The molecular weight excluding hydrogens is 362 g/mol. The van der Waals surface area contributed by atoms with E-state index in [9.17, 15) is 4.79 Å². The third-order valence-electron chi connectivity index (χ3n) is 4.21. The van der Waals surface area contributed by atoms with Crippen LogP contribution in [0.5, 0.6) is 0 Å². The van der Waals surface area contributed by atoms with Crippen molar-refractivity contribution in [2.45, 2.75) is 0 Å². The van der Waals surface area contributed by atoms with Crippen LogP contribution in [-0.2, 0) is 4.74 Å². The molecule has 27 heavy (non-hydrogen) atoms. The van der Waals surface area contributed by atoms with E-state index in [0.29, 0.717) is 11.4 Å². The molecule has 0 atom stereocenters. The molecule has 0 bridgehead atoms. The molecule has 3 aromatic rings. The monoisotopic (exact) mass is 381 g/mol. The van der Waals surface area contributed by atoms with Crippen LogP contribution in [0, 0.1) is 0 Å². The number of carbonyl (C=O) groups is 1. The normalized spacial score (nSPS) is 14.0. The zero-order chi connectivity index (χ0) is 18.5. The summed E-state index contributed by atoms with van der Waals surface area (Å²) in [5.74, 6) is 0.565. The number of nitrogens with one attached hydrogen (secondary N) is 2. The van der Waals surface area contributed by atoms with E-state index in [4.69, 9.17) is 4.74 Å². The Balaban J connectivity index is 1.40. The molecule has 1 aliphatic heterocycles. The highest BCUT2D eigenvalue weighted by Gasteiger charge is 2.12. The van der Waals surface area contributed by atoms with Gasteiger partial charge in [-0.15, -0.1) is 5.10 Å². The number of anilines is 4. The molecule has 1 saturated heterocycles. The van der Waals surface area contributed by atoms with Crippen molar-refractivity contribution in [1.82, 2.24) is 10.2 Å². The van der Waals surface area contributed by atoms with Gasteiger partial charge < -0.3 is 20.3 Å². The lowest BCUT2D eigenvalue weighted by molar-refractivity contribution is 0.102. The van der Waals surface area contributed by atoms with Crippen LogP contribution < -0.4 is 15.5 Å². The Hall–Kier alpha value is -2.97. The average Bonchev–Trinajstić information content (AvgIpc) is 3.25. The second-order valence-electron chi connectivity index (χ2n) is 6.07. The number of morpholine rings is 1. The van der Waals surface area contributed by atoms with E-state index < -0.39 is 0 Å². The molecular formula is C19H19N5O2S. The molecule has 8 heteroatoms. The highest BCUT2D eigenvalue weighted by atomic mass is 32.1. The van der Waals surface area contributed by atoms with Gasteiger partial charge in [-0.05, 0) is 35.7 Å². The van der Waals surface area contributed by atoms with Crippen molar-refractivity contribution in [3.8, 4) is 0 Å². The van der Waals surface area contributed by atoms with E-state index in [-0.39, 0.29) is 5.91 Å². The molecule has 0 radical (unpaired) electrons. The number of nitrogens with zero attached hydrogens (tertiary/aromatic N) is 3. The molecule has 0 spiro atoms. The lowest BCUT2D eigenvalue weighted by atomic mass is 10.2. The minimum Gasteiger partial charge on any atom is -0.378 e. The Morgan fingerprint density at radius 2 is 1.89 bits per heavy atom. The summed E-state index contributed by atoms with van der Waals surface area (Å²) in [6, 6.07) is 11.3. The minimum atomic E-state index is -0.110. The summed E-state index contributed by atoms with van der Waals surface area (Å²) in [5.41, 5.74) is 3.30. The first-order valence-electron chi connectivity index (χ1n) is 8.64. The highest BCUT2D eigenvalue weighted by Crippen LogP contribution is 2.22. The maximum Gasteiger partial charge on any atom is 0.256 e. The molecule has 4 rings (SSSR count). The quantitative estimate of drug-likeness (QED) is 0.705. The first-order valence-corrected chi connectivity index (χ1v) is 9.58. The second kappa shape index (κ2) is 8.15. The summed E-state index contributed by atoms with van der Waals surface area (Å²) in [6.45, 7) is 3.15. The van der Waals surface area contributed by atoms with Crippen molar-refractivity contribution in [1.29, 1.82) is 0 Å². The number of hydrogen-bond donors (Lipinski definition) is 2. The van der Waals surface area contributed by atoms with Gasteiger partial charge >= 0.3 is 0 Å². The summed E-state index contributed by atoms with van der Waals surface area (Å²) in [4.78, 5) is 14.3. The molecule has 0 aliphatic carbocycles. The Morgan fingerprint density at radius 1 is 1.11 bits per heavy atom. The van der Waals surface area contributed by atoms with Crippen molar-refractivity contribution in [2.75, 3.05) is 41.8 Å². The fourth-order valence-electron chi connectivity index (χ4n) is 2.79.